The number of rotatable bonds is 7. The van der Waals surface area contributed by atoms with Gasteiger partial charge in [-0.25, -0.2) is 0 Å². The predicted molar refractivity (Wildman–Crippen MR) is 84.1 cm³/mol. The molecule has 0 saturated heterocycles. The summed E-state index contributed by atoms with van der Waals surface area (Å²) in [5.74, 6) is -0.321. The van der Waals surface area contributed by atoms with Crippen molar-refractivity contribution >= 4 is 24.3 Å². The molecule has 1 aliphatic heterocycles. The minimum Gasteiger partial charge on any atom is -0.469 e. The average Bonchev–Trinajstić information content (AvgIpc) is 2.94. The quantitative estimate of drug-likeness (QED) is 0.511. The van der Waals surface area contributed by atoms with E-state index in [1.165, 1.54) is 7.11 Å². The van der Waals surface area contributed by atoms with Crippen molar-refractivity contribution in [2.45, 2.75) is 38.6 Å². The molecule has 8 heteroatoms. The molecule has 124 valence electrons. The number of aromatic amines is 1. The number of halogens is 1. The van der Waals surface area contributed by atoms with Crippen LogP contribution in [0.1, 0.15) is 47.4 Å². The van der Waals surface area contributed by atoms with E-state index in [9.17, 15) is 9.59 Å². The van der Waals surface area contributed by atoms with Crippen LogP contribution < -0.4 is 10.6 Å². The van der Waals surface area contributed by atoms with Gasteiger partial charge in [0.25, 0.3) is 5.91 Å². The van der Waals surface area contributed by atoms with Crippen molar-refractivity contribution in [3.8, 4) is 0 Å². The van der Waals surface area contributed by atoms with Gasteiger partial charge in [-0.05, 0) is 12.8 Å². The van der Waals surface area contributed by atoms with Gasteiger partial charge in [-0.2, -0.15) is 5.10 Å². The highest BCUT2D eigenvalue weighted by molar-refractivity contribution is 5.94. The van der Waals surface area contributed by atoms with Gasteiger partial charge in [0.2, 0.25) is 0 Å². The molecule has 0 bridgehead atoms. The molecule has 0 fully saturated rings. The molecular formula is C14H23ClN4O3. The maximum absolute atomic E-state index is 12.1. The molecule has 7 nitrogen and oxygen atoms in total. The Kier molecular flexibility index (Phi) is 7.90. The molecule has 0 unspecified atom stereocenters. The normalized spacial score (nSPS) is 13.0. The fourth-order valence-corrected chi connectivity index (χ4v) is 2.37. The predicted octanol–water partition coefficient (Wildman–Crippen LogP) is 0.940. The van der Waals surface area contributed by atoms with Crippen LogP contribution in [-0.2, 0) is 22.5 Å². The van der Waals surface area contributed by atoms with E-state index in [2.05, 4.69) is 25.6 Å². The van der Waals surface area contributed by atoms with Crippen LogP contribution in [0, 0.1) is 0 Å². The molecule has 3 N–H and O–H groups in total. The topological polar surface area (TPSA) is 96.1 Å². The van der Waals surface area contributed by atoms with E-state index in [1.54, 1.807) is 0 Å². The molecule has 1 aromatic rings. The third-order valence-corrected chi connectivity index (χ3v) is 3.59. The molecule has 0 saturated carbocycles. The summed E-state index contributed by atoms with van der Waals surface area (Å²) in [6.07, 6.45) is 3.82. The molecule has 0 aromatic carbocycles. The first-order valence-electron chi connectivity index (χ1n) is 7.34. The maximum Gasteiger partial charge on any atom is 0.305 e. The number of aromatic nitrogens is 2. The van der Waals surface area contributed by atoms with E-state index in [1.807, 2.05) is 0 Å². The summed E-state index contributed by atoms with van der Waals surface area (Å²) in [7, 11) is 1.39. The summed E-state index contributed by atoms with van der Waals surface area (Å²) in [4.78, 5) is 23.0. The second kappa shape index (κ2) is 9.42. The number of H-pyrrole nitrogens is 1. The Labute approximate surface area is 136 Å². The second-order valence-corrected chi connectivity index (χ2v) is 5.10. The number of carbonyl (C=O) groups is 2. The van der Waals surface area contributed by atoms with E-state index >= 15 is 0 Å². The molecule has 0 aliphatic carbocycles. The molecule has 22 heavy (non-hydrogen) atoms. The van der Waals surface area contributed by atoms with Gasteiger partial charge in [-0.3, -0.25) is 14.7 Å². The lowest BCUT2D eigenvalue weighted by molar-refractivity contribution is -0.140. The summed E-state index contributed by atoms with van der Waals surface area (Å²) in [6.45, 7) is 2.19. The summed E-state index contributed by atoms with van der Waals surface area (Å²) in [5, 5.41) is 13.2. The van der Waals surface area contributed by atoms with Gasteiger partial charge < -0.3 is 15.4 Å². The van der Waals surface area contributed by atoms with E-state index in [4.69, 9.17) is 0 Å². The number of amides is 1. The van der Waals surface area contributed by atoms with Crippen molar-refractivity contribution < 1.29 is 14.3 Å². The molecule has 1 aromatic heterocycles. The van der Waals surface area contributed by atoms with Crippen LogP contribution in [0.4, 0.5) is 0 Å². The SMILES string of the molecule is COC(=O)CCCCCNC(=O)c1n[nH]c2c1CNCC2.Cl. The van der Waals surface area contributed by atoms with Crippen molar-refractivity contribution in [2.24, 2.45) is 0 Å². The minimum absolute atomic E-state index is 0. The van der Waals surface area contributed by atoms with Gasteiger partial charge in [0.15, 0.2) is 5.69 Å². The molecule has 2 heterocycles. The van der Waals surface area contributed by atoms with E-state index in [0.717, 1.165) is 43.5 Å². The molecule has 0 spiro atoms. The van der Waals surface area contributed by atoms with Gasteiger partial charge in [0.1, 0.15) is 0 Å². The molecule has 1 amide bonds. The number of methoxy groups -OCH3 is 1. The van der Waals surface area contributed by atoms with Gasteiger partial charge in [0.05, 0.1) is 7.11 Å². The van der Waals surface area contributed by atoms with Crippen LogP contribution in [-0.4, -0.2) is 42.3 Å². The fraction of sp³-hybridized carbons (Fsp3) is 0.643. The smallest absolute Gasteiger partial charge is 0.305 e. The van der Waals surface area contributed by atoms with E-state index < -0.39 is 0 Å². The zero-order valence-electron chi connectivity index (χ0n) is 12.7. The summed E-state index contributed by atoms with van der Waals surface area (Å²) in [6, 6.07) is 0. The van der Waals surface area contributed by atoms with Crippen LogP contribution in [0.15, 0.2) is 0 Å². The Morgan fingerprint density at radius 1 is 1.32 bits per heavy atom. The number of carbonyl (C=O) groups excluding carboxylic acids is 2. The Hall–Kier alpha value is -1.60. The van der Waals surface area contributed by atoms with Crippen molar-refractivity contribution in [2.75, 3.05) is 20.2 Å². The standard InChI is InChI=1S/C14H22N4O3.ClH/c1-21-12(19)5-3-2-4-7-16-14(20)13-10-9-15-8-6-11(10)17-18-13;/h15H,2-9H2,1H3,(H,16,20)(H,17,18);1H. The number of nitrogens with one attached hydrogen (secondary N) is 3. The van der Waals surface area contributed by atoms with E-state index in [-0.39, 0.29) is 24.3 Å². The Bertz CT molecular complexity index is 504. The second-order valence-electron chi connectivity index (χ2n) is 5.10. The number of unbranched alkanes of at least 4 members (excludes halogenated alkanes) is 2. The van der Waals surface area contributed by atoms with Crippen LogP contribution in [0.5, 0.6) is 0 Å². The number of hydrogen-bond donors (Lipinski definition) is 3. The lowest BCUT2D eigenvalue weighted by Crippen LogP contribution is -2.29. The number of hydrogen-bond acceptors (Lipinski definition) is 5. The summed E-state index contributed by atoms with van der Waals surface area (Å²) >= 11 is 0. The first kappa shape index (κ1) is 18.4. The third-order valence-electron chi connectivity index (χ3n) is 3.59. The number of ether oxygens (including phenoxy) is 1. The maximum atomic E-state index is 12.1. The third kappa shape index (κ3) is 4.99. The highest BCUT2D eigenvalue weighted by Gasteiger charge is 2.20. The lowest BCUT2D eigenvalue weighted by atomic mass is 10.1. The van der Waals surface area contributed by atoms with Crippen molar-refractivity contribution in [1.29, 1.82) is 0 Å². The van der Waals surface area contributed by atoms with Gasteiger partial charge in [-0.1, -0.05) is 6.42 Å². The zero-order chi connectivity index (χ0) is 15.1. The summed E-state index contributed by atoms with van der Waals surface area (Å²) in [5.41, 5.74) is 2.52. The summed E-state index contributed by atoms with van der Waals surface area (Å²) < 4.78 is 4.57. The molecule has 1 aliphatic rings. The van der Waals surface area contributed by atoms with Crippen molar-refractivity contribution in [3.63, 3.8) is 0 Å². The van der Waals surface area contributed by atoms with Gasteiger partial charge in [-0.15, -0.1) is 12.4 Å². The van der Waals surface area contributed by atoms with Gasteiger partial charge >= 0.3 is 5.97 Å². The largest absolute Gasteiger partial charge is 0.469 e. The molecular weight excluding hydrogens is 308 g/mol. The van der Waals surface area contributed by atoms with Crippen LogP contribution in [0.25, 0.3) is 0 Å². The van der Waals surface area contributed by atoms with Gasteiger partial charge in [0, 0.05) is 43.7 Å². The Morgan fingerprint density at radius 3 is 2.91 bits per heavy atom. The Balaban J connectivity index is 0.00000242. The molecule has 2 rings (SSSR count). The highest BCUT2D eigenvalue weighted by Crippen LogP contribution is 2.15. The number of nitrogens with zero attached hydrogens (tertiary/aromatic N) is 1. The van der Waals surface area contributed by atoms with Crippen molar-refractivity contribution in [3.05, 3.63) is 17.0 Å². The Morgan fingerprint density at radius 2 is 2.14 bits per heavy atom. The van der Waals surface area contributed by atoms with Crippen molar-refractivity contribution in [1.82, 2.24) is 20.8 Å². The minimum atomic E-state index is -0.185. The average molecular weight is 331 g/mol. The first-order valence-corrected chi connectivity index (χ1v) is 7.34. The first-order chi connectivity index (χ1) is 10.2. The fourth-order valence-electron chi connectivity index (χ4n) is 2.37. The monoisotopic (exact) mass is 330 g/mol. The molecule has 0 atom stereocenters. The van der Waals surface area contributed by atoms with Crippen LogP contribution in [0.3, 0.4) is 0 Å². The lowest BCUT2D eigenvalue weighted by Gasteiger charge is -2.12. The van der Waals surface area contributed by atoms with Crippen LogP contribution >= 0.6 is 12.4 Å². The highest BCUT2D eigenvalue weighted by atomic mass is 35.5. The number of fused-ring (bicyclic) bond motifs is 1. The number of esters is 1. The zero-order valence-corrected chi connectivity index (χ0v) is 13.6. The van der Waals surface area contributed by atoms with E-state index in [0.29, 0.717) is 25.2 Å². The molecule has 0 radical (unpaired) electrons. The van der Waals surface area contributed by atoms with Crippen LogP contribution in [0.2, 0.25) is 0 Å².